The van der Waals surface area contributed by atoms with Gasteiger partial charge in [0.05, 0.1) is 6.61 Å². The Hall–Kier alpha value is -1.84. The van der Waals surface area contributed by atoms with Gasteiger partial charge in [-0.2, -0.15) is 0 Å². The molecule has 0 bridgehead atoms. The molecule has 17 heavy (non-hydrogen) atoms. The molecule has 0 saturated carbocycles. The van der Waals surface area contributed by atoms with Crippen molar-refractivity contribution < 1.29 is 14.3 Å². The second kappa shape index (κ2) is 6.03. The third kappa shape index (κ3) is 3.31. The van der Waals surface area contributed by atoms with Gasteiger partial charge in [-0.05, 0) is 26.0 Å². The molecule has 1 unspecified atom stereocenters. The van der Waals surface area contributed by atoms with E-state index < -0.39 is 11.9 Å². The van der Waals surface area contributed by atoms with Gasteiger partial charge in [-0.3, -0.25) is 9.59 Å². The second-order valence-corrected chi connectivity index (χ2v) is 3.71. The van der Waals surface area contributed by atoms with Crippen molar-refractivity contribution in [3.63, 3.8) is 0 Å². The van der Waals surface area contributed by atoms with E-state index in [1.165, 1.54) is 4.90 Å². The van der Waals surface area contributed by atoms with E-state index in [0.29, 0.717) is 0 Å². The zero-order chi connectivity index (χ0) is 12.8. The summed E-state index contributed by atoms with van der Waals surface area (Å²) in [5, 5.41) is 0. The van der Waals surface area contributed by atoms with Gasteiger partial charge in [0.15, 0.2) is 0 Å². The third-order valence-electron chi connectivity index (χ3n) is 2.48. The lowest BCUT2D eigenvalue weighted by Crippen LogP contribution is -2.36. The Bertz CT molecular complexity index is 389. The molecule has 1 rings (SSSR count). The standard InChI is InChI=1S/C13H17NO3/c1-4-17-13(16)10(2)12(15)14(3)11-8-6-5-7-9-11/h5-10H,4H2,1-3H3. The SMILES string of the molecule is CCOC(=O)C(C)C(=O)N(C)c1ccccc1. The summed E-state index contributed by atoms with van der Waals surface area (Å²) in [5.74, 6) is -1.53. The van der Waals surface area contributed by atoms with Crippen molar-refractivity contribution >= 4 is 17.6 Å². The Morgan fingerprint density at radius 1 is 1.29 bits per heavy atom. The minimum absolute atomic E-state index is 0.269. The van der Waals surface area contributed by atoms with E-state index in [1.54, 1.807) is 20.9 Å². The number of nitrogens with zero attached hydrogens (tertiary/aromatic N) is 1. The van der Waals surface area contributed by atoms with Gasteiger partial charge < -0.3 is 9.64 Å². The van der Waals surface area contributed by atoms with Crippen LogP contribution in [0.1, 0.15) is 13.8 Å². The fourth-order valence-corrected chi connectivity index (χ4v) is 1.44. The highest BCUT2D eigenvalue weighted by atomic mass is 16.5. The molecule has 1 aromatic rings. The van der Waals surface area contributed by atoms with E-state index in [0.717, 1.165) is 5.69 Å². The summed E-state index contributed by atoms with van der Waals surface area (Å²) in [5.41, 5.74) is 0.758. The number of amides is 1. The number of para-hydroxylation sites is 1. The van der Waals surface area contributed by atoms with Crippen LogP contribution >= 0.6 is 0 Å². The largest absolute Gasteiger partial charge is 0.465 e. The quantitative estimate of drug-likeness (QED) is 0.591. The number of carbonyl (C=O) groups excluding carboxylic acids is 2. The predicted molar refractivity (Wildman–Crippen MR) is 65.6 cm³/mol. The summed E-state index contributed by atoms with van der Waals surface area (Å²) in [7, 11) is 1.65. The molecule has 1 aromatic carbocycles. The first-order valence-corrected chi connectivity index (χ1v) is 5.57. The summed E-state index contributed by atoms with van der Waals surface area (Å²) in [6.07, 6.45) is 0. The molecule has 0 aliphatic carbocycles. The summed E-state index contributed by atoms with van der Waals surface area (Å²) in [6, 6.07) is 9.18. The molecule has 0 heterocycles. The molecule has 0 aliphatic rings. The maximum atomic E-state index is 12.0. The minimum atomic E-state index is -0.778. The Labute approximate surface area is 101 Å². The maximum absolute atomic E-state index is 12.0. The van der Waals surface area contributed by atoms with Gasteiger partial charge in [0.2, 0.25) is 5.91 Å². The molecule has 0 spiro atoms. The van der Waals surface area contributed by atoms with Crippen molar-refractivity contribution in [1.29, 1.82) is 0 Å². The molecule has 0 saturated heterocycles. The number of carbonyl (C=O) groups is 2. The Kier molecular flexibility index (Phi) is 4.69. The van der Waals surface area contributed by atoms with Gasteiger partial charge in [0, 0.05) is 12.7 Å². The summed E-state index contributed by atoms with van der Waals surface area (Å²) in [4.78, 5) is 24.9. The van der Waals surface area contributed by atoms with Gasteiger partial charge in [-0.1, -0.05) is 18.2 Å². The lowest BCUT2D eigenvalue weighted by molar-refractivity contribution is -0.150. The molecule has 4 heteroatoms. The molecule has 0 aromatic heterocycles. The number of esters is 1. The molecular weight excluding hydrogens is 218 g/mol. The van der Waals surface area contributed by atoms with Crippen molar-refractivity contribution in [2.45, 2.75) is 13.8 Å². The first-order chi connectivity index (χ1) is 8.07. The molecule has 0 aliphatic heterocycles. The first kappa shape index (κ1) is 13.2. The van der Waals surface area contributed by atoms with Crippen molar-refractivity contribution in [2.24, 2.45) is 5.92 Å². The molecule has 4 nitrogen and oxygen atoms in total. The van der Waals surface area contributed by atoms with Crippen molar-refractivity contribution in [3.8, 4) is 0 Å². The normalized spacial score (nSPS) is 11.7. The Balaban J connectivity index is 2.73. The van der Waals surface area contributed by atoms with E-state index in [2.05, 4.69) is 0 Å². The summed E-state index contributed by atoms with van der Waals surface area (Å²) in [6.45, 7) is 3.56. The summed E-state index contributed by atoms with van der Waals surface area (Å²) < 4.78 is 4.82. The molecular formula is C13H17NO3. The van der Waals surface area contributed by atoms with Gasteiger partial charge in [0.25, 0.3) is 0 Å². The molecule has 1 amide bonds. The number of benzene rings is 1. The first-order valence-electron chi connectivity index (χ1n) is 5.57. The Morgan fingerprint density at radius 2 is 1.88 bits per heavy atom. The highest BCUT2D eigenvalue weighted by Crippen LogP contribution is 2.14. The zero-order valence-electron chi connectivity index (χ0n) is 10.3. The summed E-state index contributed by atoms with van der Waals surface area (Å²) >= 11 is 0. The van der Waals surface area contributed by atoms with Crippen LogP contribution in [0.15, 0.2) is 30.3 Å². The van der Waals surface area contributed by atoms with Gasteiger partial charge >= 0.3 is 5.97 Å². The van der Waals surface area contributed by atoms with Gasteiger partial charge in [0.1, 0.15) is 5.92 Å². The van der Waals surface area contributed by atoms with Crippen molar-refractivity contribution in [1.82, 2.24) is 0 Å². The van der Waals surface area contributed by atoms with Crippen LogP contribution in [0.25, 0.3) is 0 Å². The average molecular weight is 235 g/mol. The van der Waals surface area contributed by atoms with Crippen LogP contribution in [-0.2, 0) is 14.3 Å². The third-order valence-corrected chi connectivity index (χ3v) is 2.48. The van der Waals surface area contributed by atoms with Crippen LogP contribution in [0.5, 0.6) is 0 Å². The Morgan fingerprint density at radius 3 is 2.41 bits per heavy atom. The lowest BCUT2D eigenvalue weighted by atomic mass is 10.1. The minimum Gasteiger partial charge on any atom is -0.465 e. The van der Waals surface area contributed by atoms with E-state index in [9.17, 15) is 9.59 Å². The molecule has 0 radical (unpaired) electrons. The van der Waals surface area contributed by atoms with E-state index in [-0.39, 0.29) is 12.5 Å². The molecule has 0 N–H and O–H groups in total. The van der Waals surface area contributed by atoms with Crippen LogP contribution in [0.4, 0.5) is 5.69 Å². The maximum Gasteiger partial charge on any atom is 0.318 e. The fraction of sp³-hybridized carbons (Fsp3) is 0.385. The number of ether oxygens (including phenoxy) is 1. The zero-order valence-corrected chi connectivity index (χ0v) is 10.3. The van der Waals surface area contributed by atoms with Crippen LogP contribution in [-0.4, -0.2) is 25.5 Å². The molecule has 1 atom stereocenters. The molecule has 0 fully saturated rings. The van der Waals surface area contributed by atoms with Crippen LogP contribution in [0.2, 0.25) is 0 Å². The van der Waals surface area contributed by atoms with Crippen molar-refractivity contribution in [3.05, 3.63) is 30.3 Å². The van der Waals surface area contributed by atoms with Gasteiger partial charge in [-0.15, -0.1) is 0 Å². The van der Waals surface area contributed by atoms with E-state index in [1.807, 2.05) is 30.3 Å². The van der Waals surface area contributed by atoms with Crippen LogP contribution in [0, 0.1) is 5.92 Å². The number of anilines is 1. The lowest BCUT2D eigenvalue weighted by Gasteiger charge is -2.20. The van der Waals surface area contributed by atoms with Crippen molar-refractivity contribution in [2.75, 3.05) is 18.6 Å². The van der Waals surface area contributed by atoms with Crippen LogP contribution < -0.4 is 4.90 Å². The van der Waals surface area contributed by atoms with E-state index >= 15 is 0 Å². The second-order valence-electron chi connectivity index (χ2n) is 3.71. The fourth-order valence-electron chi connectivity index (χ4n) is 1.44. The highest BCUT2D eigenvalue weighted by Gasteiger charge is 2.26. The highest BCUT2D eigenvalue weighted by molar-refractivity contribution is 6.05. The smallest absolute Gasteiger partial charge is 0.318 e. The van der Waals surface area contributed by atoms with Gasteiger partial charge in [-0.25, -0.2) is 0 Å². The molecule has 92 valence electrons. The van der Waals surface area contributed by atoms with Crippen LogP contribution in [0.3, 0.4) is 0 Å². The average Bonchev–Trinajstić information content (AvgIpc) is 2.37. The number of hydrogen-bond acceptors (Lipinski definition) is 3. The predicted octanol–water partition coefficient (Wildman–Crippen LogP) is 1.85. The number of rotatable bonds is 4. The number of hydrogen-bond donors (Lipinski definition) is 0. The topological polar surface area (TPSA) is 46.6 Å². The monoisotopic (exact) mass is 235 g/mol. The van der Waals surface area contributed by atoms with E-state index in [4.69, 9.17) is 4.74 Å².